The van der Waals surface area contributed by atoms with Crippen LogP contribution in [-0.4, -0.2) is 24.6 Å². The summed E-state index contributed by atoms with van der Waals surface area (Å²) in [6.45, 7) is 2.34. The number of hydrogen-bond acceptors (Lipinski definition) is 5. The number of ether oxygens (including phenoxy) is 2. The van der Waals surface area contributed by atoms with Crippen molar-refractivity contribution in [2.75, 3.05) is 19.0 Å². The summed E-state index contributed by atoms with van der Waals surface area (Å²) in [4.78, 5) is 15.6. The second-order valence-electron chi connectivity index (χ2n) is 4.83. The number of carbonyl (C=O) groups excluding carboxylic acids is 1. The fourth-order valence-electron chi connectivity index (χ4n) is 1.83. The van der Waals surface area contributed by atoms with E-state index in [9.17, 15) is 18.0 Å². The Morgan fingerprint density at radius 2 is 2.12 bits per heavy atom. The van der Waals surface area contributed by atoms with Crippen molar-refractivity contribution in [3.05, 3.63) is 33.8 Å². The van der Waals surface area contributed by atoms with Gasteiger partial charge < -0.3 is 9.47 Å². The maximum Gasteiger partial charge on any atom is 0.434 e. The van der Waals surface area contributed by atoms with E-state index >= 15 is 0 Å². The van der Waals surface area contributed by atoms with E-state index in [1.54, 1.807) is 0 Å². The van der Waals surface area contributed by atoms with Crippen molar-refractivity contribution >= 4 is 34.0 Å². The molecular formula is C15H14ClF3N2O3S. The molecule has 1 aromatic heterocycles. The second-order valence-corrected chi connectivity index (χ2v) is 6.09. The van der Waals surface area contributed by atoms with Crippen LogP contribution in [0.4, 0.5) is 18.3 Å². The molecule has 0 spiro atoms. The molecular weight excluding hydrogens is 381 g/mol. The van der Waals surface area contributed by atoms with E-state index in [1.807, 2.05) is 6.92 Å². The van der Waals surface area contributed by atoms with E-state index in [-0.39, 0.29) is 21.5 Å². The quantitative estimate of drug-likeness (QED) is 0.759. The van der Waals surface area contributed by atoms with E-state index in [0.29, 0.717) is 23.7 Å². The molecule has 0 bridgehead atoms. The fourth-order valence-corrected chi connectivity index (χ4v) is 2.80. The van der Waals surface area contributed by atoms with E-state index in [2.05, 4.69) is 10.3 Å². The Bertz CT molecular complexity index is 765. The van der Waals surface area contributed by atoms with Gasteiger partial charge in [0.2, 0.25) is 0 Å². The Morgan fingerprint density at radius 3 is 2.68 bits per heavy atom. The SMILES string of the molecule is CCCOc1c(Cl)cc(C(=O)Nc2nc(C(F)(F)F)cs2)cc1OC. The monoisotopic (exact) mass is 394 g/mol. The van der Waals surface area contributed by atoms with Gasteiger partial charge in [0.15, 0.2) is 22.3 Å². The van der Waals surface area contributed by atoms with Crippen molar-refractivity contribution in [1.82, 2.24) is 4.98 Å². The van der Waals surface area contributed by atoms with Crippen LogP contribution in [0.1, 0.15) is 29.4 Å². The van der Waals surface area contributed by atoms with Crippen LogP contribution in [0.5, 0.6) is 11.5 Å². The molecule has 0 saturated carbocycles. The van der Waals surface area contributed by atoms with Crippen LogP contribution in [0.3, 0.4) is 0 Å². The number of carbonyl (C=O) groups is 1. The number of alkyl halides is 3. The van der Waals surface area contributed by atoms with Gasteiger partial charge in [-0.15, -0.1) is 11.3 Å². The molecule has 0 aliphatic rings. The summed E-state index contributed by atoms with van der Waals surface area (Å²) in [5, 5.41) is 3.12. The van der Waals surface area contributed by atoms with Crippen molar-refractivity contribution in [2.45, 2.75) is 19.5 Å². The molecule has 0 aliphatic heterocycles. The Morgan fingerprint density at radius 1 is 1.40 bits per heavy atom. The molecule has 1 amide bonds. The molecule has 136 valence electrons. The van der Waals surface area contributed by atoms with Crippen LogP contribution in [0.25, 0.3) is 0 Å². The summed E-state index contributed by atoms with van der Waals surface area (Å²) in [6.07, 6.45) is -3.81. The average molecular weight is 395 g/mol. The average Bonchev–Trinajstić information content (AvgIpc) is 3.01. The molecule has 2 rings (SSSR count). The minimum absolute atomic E-state index is 0.106. The fraction of sp³-hybridized carbons (Fsp3) is 0.333. The van der Waals surface area contributed by atoms with Gasteiger partial charge in [0, 0.05) is 10.9 Å². The first-order valence-corrected chi connectivity index (χ1v) is 8.36. The van der Waals surface area contributed by atoms with Crippen molar-refractivity contribution in [3.8, 4) is 11.5 Å². The van der Waals surface area contributed by atoms with Crippen LogP contribution in [-0.2, 0) is 6.18 Å². The molecule has 0 atom stereocenters. The molecule has 2 aromatic rings. The number of benzene rings is 1. The van der Waals surface area contributed by atoms with Gasteiger partial charge in [-0.05, 0) is 18.6 Å². The predicted molar refractivity (Wildman–Crippen MR) is 88.9 cm³/mol. The van der Waals surface area contributed by atoms with Crippen LogP contribution in [0.15, 0.2) is 17.5 Å². The van der Waals surface area contributed by atoms with Gasteiger partial charge in [-0.2, -0.15) is 13.2 Å². The highest BCUT2D eigenvalue weighted by Gasteiger charge is 2.34. The predicted octanol–water partition coefficient (Wildman–Crippen LogP) is 4.87. The summed E-state index contributed by atoms with van der Waals surface area (Å²) in [5.74, 6) is -0.109. The van der Waals surface area contributed by atoms with Gasteiger partial charge in [-0.3, -0.25) is 10.1 Å². The van der Waals surface area contributed by atoms with Crippen molar-refractivity contribution in [3.63, 3.8) is 0 Å². The van der Waals surface area contributed by atoms with E-state index in [1.165, 1.54) is 19.2 Å². The van der Waals surface area contributed by atoms with Gasteiger partial charge in [-0.1, -0.05) is 18.5 Å². The van der Waals surface area contributed by atoms with Gasteiger partial charge in [0.25, 0.3) is 5.91 Å². The van der Waals surface area contributed by atoms with Gasteiger partial charge >= 0.3 is 6.18 Å². The molecule has 10 heteroatoms. The highest BCUT2D eigenvalue weighted by atomic mass is 35.5. The lowest BCUT2D eigenvalue weighted by Gasteiger charge is -2.13. The van der Waals surface area contributed by atoms with Crippen molar-refractivity contribution in [1.29, 1.82) is 0 Å². The maximum atomic E-state index is 12.5. The Hall–Kier alpha value is -2.00. The highest BCUT2D eigenvalue weighted by molar-refractivity contribution is 7.14. The third kappa shape index (κ3) is 4.76. The molecule has 0 aliphatic carbocycles. The zero-order valence-electron chi connectivity index (χ0n) is 13.2. The minimum Gasteiger partial charge on any atom is -0.493 e. The number of amides is 1. The number of halogens is 4. The van der Waals surface area contributed by atoms with Crippen LogP contribution >= 0.6 is 22.9 Å². The molecule has 0 fully saturated rings. The largest absolute Gasteiger partial charge is 0.493 e. The topological polar surface area (TPSA) is 60.5 Å². The van der Waals surface area contributed by atoms with E-state index in [0.717, 1.165) is 11.8 Å². The van der Waals surface area contributed by atoms with Crippen LogP contribution in [0, 0.1) is 0 Å². The number of nitrogens with one attached hydrogen (secondary N) is 1. The first-order valence-electron chi connectivity index (χ1n) is 7.10. The third-order valence-corrected chi connectivity index (χ3v) is 4.00. The Kier molecular flexibility index (Phi) is 6.12. The van der Waals surface area contributed by atoms with E-state index < -0.39 is 17.8 Å². The lowest BCUT2D eigenvalue weighted by atomic mass is 10.2. The number of methoxy groups -OCH3 is 1. The number of rotatable bonds is 6. The van der Waals surface area contributed by atoms with Gasteiger partial charge in [-0.25, -0.2) is 4.98 Å². The first-order chi connectivity index (χ1) is 11.8. The first kappa shape index (κ1) is 19.3. The zero-order valence-corrected chi connectivity index (χ0v) is 14.8. The second kappa shape index (κ2) is 7.92. The molecule has 25 heavy (non-hydrogen) atoms. The highest BCUT2D eigenvalue weighted by Crippen LogP contribution is 2.37. The summed E-state index contributed by atoms with van der Waals surface area (Å²) >= 11 is 6.79. The number of anilines is 1. The molecule has 0 unspecified atom stereocenters. The van der Waals surface area contributed by atoms with Crippen molar-refractivity contribution < 1.29 is 27.4 Å². The molecule has 1 N–H and O–H groups in total. The zero-order chi connectivity index (χ0) is 18.6. The van der Waals surface area contributed by atoms with E-state index in [4.69, 9.17) is 21.1 Å². The summed E-state index contributed by atoms with van der Waals surface area (Å²) in [7, 11) is 1.39. The summed E-state index contributed by atoms with van der Waals surface area (Å²) < 4.78 is 48.3. The third-order valence-electron chi connectivity index (χ3n) is 2.96. The van der Waals surface area contributed by atoms with Crippen molar-refractivity contribution in [2.24, 2.45) is 0 Å². The van der Waals surface area contributed by atoms with Crippen LogP contribution in [0.2, 0.25) is 5.02 Å². The summed E-state index contributed by atoms with van der Waals surface area (Å²) in [5.41, 5.74) is -0.957. The standard InChI is InChI=1S/C15H14ClF3N2O3S/c1-3-4-24-12-9(16)5-8(6-10(12)23-2)13(22)21-14-20-11(7-25-14)15(17,18)19/h5-7H,3-4H2,1-2H3,(H,20,21,22). The van der Waals surface area contributed by atoms with Gasteiger partial charge in [0.1, 0.15) is 0 Å². The molecule has 0 radical (unpaired) electrons. The molecule has 1 aromatic carbocycles. The number of nitrogens with zero attached hydrogens (tertiary/aromatic N) is 1. The Labute approximate surface area is 150 Å². The lowest BCUT2D eigenvalue weighted by Crippen LogP contribution is -2.13. The normalized spacial score (nSPS) is 11.3. The lowest BCUT2D eigenvalue weighted by molar-refractivity contribution is -0.140. The molecule has 5 nitrogen and oxygen atoms in total. The maximum absolute atomic E-state index is 12.5. The minimum atomic E-state index is -4.57. The number of aromatic nitrogens is 1. The molecule has 1 heterocycles. The number of hydrogen-bond donors (Lipinski definition) is 1. The number of thiazole rings is 1. The van der Waals surface area contributed by atoms with Crippen LogP contribution < -0.4 is 14.8 Å². The molecule has 0 saturated heterocycles. The van der Waals surface area contributed by atoms with Gasteiger partial charge in [0.05, 0.1) is 18.7 Å². The Balaban J connectivity index is 2.21. The smallest absolute Gasteiger partial charge is 0.434 e. The summed E-state index contributed by atoms with van der Waals surface area (Å²) in [6, 6.07) is 2.74.